The summed E-state index contributed by atoms with van der Waals surface area (Å²) in [6, 6.07) is 0. The van der Waals surface area contributed by atoms with Crippen molar-refractivity contribution in [2.24, 2.45) is 16.6 Å². The van der Waals surface area contributed by atoms with Crippen LogP contribution in [0.25, 0.3) is 0 Å². The van der Waals surface area contributed by atoms with Gasteiger partial charge >= 0.3 is 0 Å². The molecule has 0 saturated carbocycles. The highest BCUT2D eigenvalue weighted by molar-refractivity contribution is 7.91. The first-order chi connectivity index (χ1) is 6.03. The molecule has 0 aromatic carbocycles. The van der Waals surface area contributed by atoms with Gasteiger partial charge in [0.05, 0.1) is 11.5 Å². The third-order valence-electron chi connectivity index (χ3n) is 2.14. The van der Waals surface area contributed by atoms with E-state index in [1.165, 1.54) is 0 Å². The number of hydrogen-bond donors (Lipinski definition) is 2. The lowest BCUT2D eigenvalue weighted by atomic mass is 10.1. The van der Waals surface area contributed by atoms with Gasteiger partial charge in [-0.1, -0.05) is 0 Å². The van der Waals surface area contributed by atoms with Crippen LogP contribution in [0.15, 0.2) is 4.99 Å². The number of nitrogens with zero attached hydrogens (tertiary/aromatic N) is 1. The van der Waals surface area contributed by atoms with Gasteiger partial charge in [0, 0.05) is 13.6 Å². The molecule has 13 heavy (non-hydrogen) atoms. The van der Waals surface area contributed by atoms with Crippen LogP contribution in [0.1, 0.15) is 6.42 Å². The summed E-state index contributed by atoms with van der Waals surface area (Å²) in [7, 11) is -1.18. The lowest BCUT2D eigenvalue weighted by molar-refractivity contribution is 0.571. The molecule has 1 heterocycles. The molecule has 1 unspecified atom stereocenters. The maximum Gasteiger partial charge on any atom is 0.188 e. The molecule has 0 radical (unpaired) electrons. The molecule has 6 heteroatoms. The minimum Gasteiger partial charge on any atom is -0.370 e. The molecule has 3 N–H and O–H groups in total. The van der Waals surface area contributed by atoms with Crippen LogP contribution in [-0.2, 0) is 9.84 Å². The maximum absolute atomic E-state index is 11.1. The molecule has 1 saturated heterocycles. The second-order valence-corrected chi connectivity index (χ2v) is 5.49. The van der Waals surface area contributed by atoms with Crippen molar-refractivity contribution in [1.82, 2.24) is 5.32 Å². The van der Waals surface area contributed by atoms with Crippen LogP contribution >= 0.6 is 0 Å². The van der Waals surface area contributed by atoms with E-state index >= 15 is 0 Å². The second kappa shape index (κ2) is 3.95. The number of nitrogens with two attached hydrogens (primary N) is 1. The smallest absolute Gasteiger partial charge is 0.188 e. The first-order valence-electron chi connectivity index (χ1n) is 4.20. The molecule has 1 aliphatic heterocycles. The normalized spacial score (nSPS) is 27.5. The number of rotatable bonds is 2. The van der Waals surface area contributed by atoms with E-state index in [1.807, 2.05) is 0 Å². The van der Waals surface area contributed by atoms with Crippen molar-refractivity contribution in [1.29, 1.82) is 0 Å². The van der Waals surface area contributed by atoms with Gasteiger partial charge in [0.1, 0.15) is 0 Å². The highest BCUT2D eigenvalue weighted by Crippen LogP contribution is 2.16. The van der Waals surface area contributed by atoms with Crippen LogP contribution in [0.5, 0.6) is 0 Å². The van der Waals surface area contributed by atoms with Gasteiger partial charge in [0.2, 0.25) is 0 Å². The molecule has 1 rings (SSSR count). The van der Waals surface area contributed by atoms with Crippen molar-refractivity contribution in [3.8, 4) is 0 Å². The maximum atomic E-state index is 11.1. The Labute approximate surface area is 78.3 Å². The van der Waals surface area contributed by atoms with E-state index in [0.29, 0.717) is 18.3 Å². The zero-order chi connectivity index (χ0) is 9.90. The highest BCUT2D eigenvalue weighted by Gasteiger charge is 2.27. The lowest BCUT2D eigenvalue weighted by Gasteiger charge is -2.08. The fraction of sp³-hybridized carbons (Fsp3) is 0.857. The van der Waals surface area contributed by atoms with Crippen LogP contribution in [0.4, 0.5) is 0 Å². The second-order valence-electron chi connectivity index (χ2n) is 3.26. The summed E-state index contributed by atoms with van der Waals surface area (Å²) in [6.07, 6.45) is 0.728. The lowest BCUT2D eigenvalue weighted by Crippen LogP contribution is -2.35. The molecule has 0 spiro atoms. The summed E-state index contributed by atoms with van der Waals surface area (Å²) in [5, 5.41) is 2.88. The average molecular weight is 205 g/mol. The van der Waals surface area contributed by atoms with Crippen molar-refractivity contribution in [2.75, 3.05) is 25.1 Å². The molecule has 76 valence electrons. The molecular formula is C7H15N3O2S. The van der Waals surface area contributed by atoms with Crippen molar-refractivity contribution < 1.29 is 8.42 Å². The Morgan fingerprint density at radius 3 is 2.85 bits per heavy atom. The number of aliphatic imine (C=N–C) groups is 1. The van der Waals surface area contributed by atoms with Crippen molar-refractivity contribution in [3.63, 3.8) is 0 Å². The largest absolute Gasteiger partial charge is 0.370 e. The molecule has 1 atom stereocenters. The van der Waals surface area contributed by atoms with Gasteiger partial charge in [0.15, 0.2) is 15.8 Å². The predicted octanol–water partition coefficient (Wildman–Crippen LogP) is -1.04. The van der Waals surface area contributed by atoms with Gasteiger partial charge in [-0.2, -0.15) is 0 Å². The Kier molecular flexibility index (Phi) is 3.13. The minimum atomic E-state index is -2.77. The summed E-state index contributed by atoms with van der Waals surface area (Å²) < 4.78 is 22.1. The van der Waals surface area contributed by atoms with E-state index in [4.69, 9.17) is 5.73 Å². The molecule has 1 fully saturated rings. The molecule has 0 aliphatic carbocycles. The quantitative estimate of drug-likeness (QED) is 0.445. The van der Waals surface area contributed by atoms with E-state index in [1.54, 1.807) is 7.05 Å². The molecule has 0 bridgehead atoms. The Morgan fingerprint density at radius 1 is 1.69 bits per heavy atom. The van der Waals surface area contributed by atoms with Gasteiger partial charge in [-0.15, -0.1) is 0 Å². The fourth-order valence-electron chi connectivity index (χ4n) is 1.36. The fourth-order valence-corrected chi connectivity index (χ4v) is 3.22. The third-order valence-corrected chi connectivity index (χ3v) is 3.98. The van der Waals surface area contributed by atoms with E-state index in [-0.39, 0.29) is 11.7 Å². The standard InChI is InChI=1S/C7H15N3O2S/c1-9-7(8)10-4-6-2-3-13(11,12)5-6/h6H,2-5H2,1H3,(H3,8,9,10). The zero-order valence-corrected chi connectivity index (χ0v) is 8.47. The van der Waals surface area contributed by atoms with Crippen molar-refractivity contribution >= 4 is 15.8 Å². The van der Waals surface area contributed by atoms with E-state index in [9.17, 15) is 8.42 Å². The summed E-state index contributed by atoms with van der Waals surface area (Å²) in [4.78, 5) is 3.72. The highest BCUT2D eigenvalue weighted by atomic mass is 32.2. The Bertz CT molecular complexity index is 297. The Morgan fingerprint density at radius 2 is 2.38 bits per heavy atom. The number of hydrogen-bond acceptors (Lipinski definition) is 3. The summed E-state index contributed by atoms with van der Waals surface area (Å²) in [5.41, 5.74) is 5.41. The van der Waals surface area contributed by atoms with Gasteiger partial charge in [-0.3, -0.25) is 4.99 Å². The molecule has 5 nitrogen and oxygen atoms in total. The molecule has 1 aliphatic rings. The van der Waals surface area contributed by atoms with E-state index < -0.39 is 9.84 Å². The van der Waals surface area contributed by atoms with Gasteiger partial charge < -0.3 is 11.1 Å². The van der Waals surface area contributed by atoms with E-state index in [0.717, 1.165) is 6.42 Å². The summed E-state index contributed by atoms with van der Waals surface area (Å²) in [6.45, 7) is 0.600. The van der Waals surface area contributed by atoms with Gasteiger partial charge in [0.25, 0.3) is 0 Å². The summed E-state index contributed by atoms with van der Waals surface area (Å²) in [5.74, 6) is 1.13. The van der Waals surface area contributed by atoms with Crippen molar-refractivity contribution in [2.45, 2.75) is 6.42 Å². The predicted molar refractivity (Wildman–Crippen MR) is 52.3 cm³/mol. The zero-order valence-electron chi connectivity index (χ0n) is 7.66. The van der Waals surface area contributed by atoms with Crippen molar-refractivity contribution in [3.05, 3.63) is 0 Å². The molecular weight excluding hydrogens is 190 g/mol. The third kappa shape index (κ3) is 3.22. The SMILES string of the molecule is CN=C(N)NCC1CCS(=O)(=O)C1. The topological polar surface area (TPSA) is 84.5 Å². The van der Waals surface area contributed by atoms with Crippen LogP contribution in [0.3, 0.4) is 0 Å². The van der Waals surface area contributed by atoms with Crippen LogP contribution < -0.4 is 11.1 Å². The number of nitrogens with one attached hydrogen (secondary N) is 1. The minimum absolute atomic E-state index is 0.185. The summed E-state index contributed by atoms with van der Waals surface area (Å²) >= 11 is 0. The van der Waals surface area contributed by atoms with Crippen LogP contribution in [-0.4, -0.2) is 39.5 Å². The number of sulfone groups is 1. The van der Waals surface area contributed by atoms with Crippen LogP contribution in [0, 0.1) is 5.92 Å². The number of guanidine groups is 1. The van der Waals surface area contributed by atoms with Gasteiger partial charge in [-0.05, 0) is 12.3 Å². The van der Waals surface area contributed by atoms with Gasteiger partial charge in [-0.25, -0.2) is 8.42 Å². The molecule has 0 amide bonds. The average Bonchev–Trinajstić information content (AvgIpc) is 2.41. The first kappa shape index (κ1) is 10.3. The first-order valence-corrected chi connectivity index (χ1v) is 6.02. The monoisotopic (exact) mass is 205 g/mol. The Hall–Kier alpha value is -0.780. The van der Waals surface area contributed by atoms with E-state index in [2.05, 4.69) is 10.3 Å². The van der Waals surface area contributed by atoms with Crippen LogP contribution in [0.2, 0.25) is 0 Å². The Balaban J connectivity index is 2.33. The molecule has 0 aromatic rings. The molecule has 0 aromatic heterocycles.